The summed E-state index contributed by atoms with van der Waals surface area (Å²) in [4.78, 5) is 4.43. The Kier molecular flexibility index (Phi) is 4.96. The maximum Gasteiger partial charge on any atom is 0.219 e. The largest absolute Gasteiger partial charge is 0.439 e. The molecule has 2 nitrogen and oxygen atoms in total. The van der Waals surface area contributed by atoms with Gasteiger partial charge in [0.25, 0.3) is 0 Å². The van der Waals surface area contributed by atoms with E-state index in [9.17, 15) is 4.39 Å². The number of alkyl halides is 1. The number of pyridine rings is 1. The molecule has 0 spiro atoms. The van der Waals surface area contributed by atoms with Gasteiger partial charge in [0.05, 0.1) is 0 Å². The van der Waals surface area contributed by atoms with Crippen LogP contribution in [0.1, 0.15) is 30.2 Å². The zero-order chi connectivity index (χ0) is 14.5. The summed E-state index contributed by atoms with van der Waals surface area (Å²) in [7, 11) is 0. The van der Waals surface area contributed by atoms with E-state index >= 15 is 0 Å². The van der Waals surface area contributed by atoms with Crippen molar-refractivity contribution < 1.29 is 9.13 Å². The van der Waals surface area contributed by atoms with Crippen LogP contribution in [0, 0.1) is 12.7 Å². The van der Waals surface area contributed by atoms with Crippen LogP contribution in [0.5, 0.6) is 11.6 Å². The number of ether oxygens (including phenoxy) is 1. The number of hydrogen-bond acceptors (Lipinski definition) is 2. The molecule has 106 valence electrons. The molecule has 1 aromatic heterocycles. The summed E-state index contributed by atoms with van der Waals surface area (Å²) in [5.74, 6) is 1.01. The molecule has 2 rings (SSSR count). The lowest BCUT2D eigenvalue weighted by Gasteiger charge is -2.10. The van der Waals surface area contributed by atoms with Crippen LogP contribution >= 0.6 is 11.6 Å². The molecular formula is C16H17ClFNO. The highest BCUT2D eigenvalue weighted by Gasteiger charge is 2.07. The second kappa shape index (κ2) is 6.71. The Balaban J connectivity index is 2.32. The third-order valence-corrected chi connectivity index (χ3v) is 3.25. The summed E-state index contributed by atoms with van der Waals surface area (Å²) >= 11 is 5.89. The predicted octanol–water partition coefficient (Wildman–Crippen LogP) is 5.01. The van der Waals surface area contributed by atoms with Crippen molar-refractivity contribution >= 4 is 11.6 Å². The molecule has 4 heteroatoms. The van der Waals surface area contributed by atoms with Gasteiger partial charge in [-0.25, -0.2) is 9.37 Å². The summed E-state index contributed by atoms with van der Waals surface area (Å²) in [6, 6.07) is 8.22. The smallest absolute Gasteiger partial charge is 0.219 e. The molecule has 0 aliphatic rings. The Morgan fingerprint density at radius 3 is 2.75 bits per heavy atom. The number of nitrogens with zero attached hydrogens (tertiary/aromatic N) is 1. The van der Waals surface area contributed by atoms with Gasteiger partial charge in [0, 0.05) is 23.7 Å². The zero-order valence-corrected chi connectivity index (χ0v) is 12.4. The molecule has 0 bridgehead atoms. The van der Waals surface area contributed by atoms with Crippen molar-refractivity contribution in [2.45, 2.75) is 32.6 Å². The normalized spacial score (nSPS) is 10.6. The molecule has 0 N–H and O–H groups in total. The highest BCUT2D eigenvalue weighted by atomic mass is 35.5. The monoisotopic (exact) mass is 293 g/mol. The van der Waals surface area contributed by atoms with E-state index in [4.69, 9.17) is 16.3 Å². The second-order valence-corrected chi connectivity index (χ2v) is 4.97. The van der Waals surface area contributed by atoms with E-state index in [1.807, 2.05) is 13.0 Å². The van der Waals surface area contributed by atoms with Gasteiger partial charge in [-0.1, -0.05) is 19.4 Å². The van der Waals surface area contributed by atoms with Crippen LogP contribution in [-0.4, -0.2) is 4.98 Å². The summed E-state index contributed by atoms with van der Waals surface area (Å²) < 4.78 is 19.0. The van der Waals surface area contributed by atoms with Crippen LogP contribution in [0.4, 0.5) is 4.39 Å². The molecule has 0 fully saturated rings. The third-order valence-electron chi connectivity index (χ3n) is 2.94. The fourth-order valence-electron chi connectivity index (χ4n) is 1.93. The first kappa shape index (κ1) is 14.8. The van der Waals surface area contributed by atoms with Crippen LogP contribution in [0.2, 0.25) is 0 Å². The first-order chi connectivity index (χ1) is 9.62. The molecule has 20 heavy (non-hydrogen) atoms. The number of hydrogen-bond donors (Lipinski definition) is 0. The van der Waals surface area contributed by atoms with Gasteiger partial charge in [0.1, 0.15) is 11.6 Å². The first-order valence-electron chi connectivity index (χ1n) is 6.62. The quantitative estimate of drug-likeness (QED) is 0.723. The van der Waals surface area contributed by atoms with Crippen molar-refractivity contribution in [2.24, 2.45) is 0 Å². The summed E-state index contributed by atoms with van der Waals surface area (Å²) in [5, 5.41) is 0. The van der Waals surface area contributed by atoms with Gasteiger partial charge in [-0.3, -0.25) is 0 Å². The molecule has 1 aromatic carbocycles. The molecule has 0 atom stereocenters. The maximum atomic E-state index is 13.3. The lowest BCUT2D eigenvalue weighted by molar-refractivity contribution is 0.452. The predicted molar refractivity (Wildman–Crippen MR) is 79.0 cm³/mol. The SMILES string of the molecule is CCCc1cc(CCl)cc(Oc2cc(F)ccc2C)n1. The Bertz CT molecular complexity index is 601. The fourth-order valence-corrected chi connectivity index (χ4v) is 2.08. The minimum Gasteiger partial charge on any atom is -0.439 e. The van der Waals surface area contributed by atoms with Crippen LogP contribution < -0.4 is 4.74 Å². The van der Waals surface area contributed by atoms with Crippen molar-refractivity contribution in [3.63, 3.8) is 0 Å². The van der Waals surface area contributed by atoms with E-state index in [1.54, 1.807) is 12.1 Å². The molecule has 1 heterocycles. The average Bonchev–Trinajstić information content (AvgIpc) is 2.43. The van der Waals surface area contributed by atoms with E-state index in [-0.39, 0.29) is 5.82 Å². The lowest BCUT2D eigenvalue weighted by Crippen LogP contribution is -1.97. The molecule has 0 unspecified atom stereocenters. The minimum atomic E-state index is -0.326. The van der Waals surface area contributed by atoms with Crippen molar-refractivity contribution in [3.8, 4) is 11.6 Å². The van der Waals surface area contributed by atoms with Crippen molar-refractivity contribution in [1.29, 1.82) is 0 Å². The molecule has 0 aliphatic heterocycles. The lowest BCUT2D eigenvalue weighted by atomic mass is 10.2. The highest BCUT2D eigenvalue weighted by molar-refractivity contribution is 6.17. The second-order valence-electron chi connectivity index (χ2n) is 4.70. The van der Waals surface area contributed by atoms with Gasteiger partial charge >= 0.3 is 0 Å². The van der Waals surface area contributed by atoms with E-state index in [0.29, 0.717) is 17.5 Å². The maximum absolute atomic E-state index is 13.3. The van der Waals surface area contributed by atoms with Crippen LogP contribution in [0.15, 0.2) is 30.3 Å². The van der Waals surface area contributed by atoms with Crippen molar-refractivity contribution in [1.82, 2.24) is 4.98 Å². The first-order valence-corrected chi connectivity index (χ1v) is 7.15. The number of benzene rings is 1. The molecule has 0 aliphatic carbocycles. The molecular weight excluding hydrogens is 277 g/mol. The standard InChI is InChI=1S/C16H17ClFNO/c1-3-4-14-7-12(10-17)8-16(19-14)20-15-9-13(18)6-5-11(15)2/h5-9H,3-4,10H2,1-2H3. The van der Waals surface area contributed by atoms with Gasteiger partial charge < -0.3 is 4.74 Å². The van der Waals surface area contributed by atoms with E-state index in [0.717, 1.165) is 29.7 Å². The third kappa shape index (κ3) is 3.70. The molecule has 0 amide bonds. The summed E-state index contributed by atoms with van der Waals surface area (Å²) in [6.45, 7) is 3.96. The number of aromatic nitrogens is 1. The van der Waals surface area contributed by atoms with Gasteiger partial charge in [0.2, 0.25) is 5.88 Å². The van der Waals surface area contributed by atoms with E-state index in [2.05, 4.69) is 11.9 Å². The molecule has 0 saturated heterocycles. The highest BCUT2D eigenvalue weighted by Crippen LogP contribution is 2.26. The van der Waals surface area contributed by atoms with Gasteiger partial charge in [-0.2, -0.15) is 0 Å². The topological polar surface area (TPSA) is 22.1 Å². The van der Waals surface area contributed by atoms with Gasteiger partial charge in [-0.15, -0.1) is 11.6 Å². The number of aryl methyl sites for hydroxylation is 2. The van der Waals surface area contributed by atoms with Gasteiger partial charge in [-0.05, 0) is 36.6 Å². The number of rotatable bonds is 5. The van der Waals surface area contributed by atoms with Crippen LogP contribution in [0.3, 0.4) is 0 Å². The Hall–Kier alpha value is -1.61. The van der Waals surface area contributed by atoms with Crippen molar-refractivity contribution in [2.75, 3.05) is 0 Å². The molecule has 2 aromatic rings. The van der Waals surface area contributed by atoms with Crippen LogP contribution in [-0.2, 0) is 12.3 Å². The van der Waals surface area contributed by atoms with Crippen molar-refractivity contribution in [3.05, 3.63) is 53.0 Å². The molecule has 0 saturated carbocycles. The fraction of sp³-hybridized carbons (Fsp3) is 0.312. The molecule has 0 radical (unpaired) electrons. The number of halogens is 2. The Morgan fingerprint density at radius 2 is 2.05 bits per heavy atom. The Morgan fingerprint density at radius 1 is 1.25 bits per heavy atom. The zero-order valence-electron chi connectivity index (χ0n) is 11.6. The van der Waals surface area contributed by atoms with Gasteiger partial charge in [0.15, 0.2) is 0 Å². The van der Waals surface area contributed by atoms with E-state index in [1.165, 1.54) is 12.1 Å². The Labute approximate surface area is 123 Å². The average molecular weight is 294 g/mol. The summed E-state index contributed by atoms with van der Waals surface area (Å²) in [5.41, 5.74) is 2.75. The summed E-state index contributed by atoms with van der Waals surface area (Å²) in [6.07, 6.45) is 1.86. The minimum absolute atomic E-state index is 0.326. The van der Waals surface area contributed by atoms with E-state index < -0.39 is 0 Å². The van der Waals surface area contributed by atoms with Crippen LogP contribution in [0.25, 0.3) is 0 Å².